The normalized spacial score (nSPS) is 17.1. The van der Waals surface area contributed by atoms with E-state index in [0.29, 0.717) is 5.92 Å². The van der Waals surface area contributed by atoms with Gasteiger partial charge in [0.05, 0.1) is 23.7 Å². The van der Waals surface area contributed by atoms with Crippen molar-refractivity contribution in [3.63, 3.8) is 0 Å². The van der Waals surface area contributed by atoms with Crippen molar-refractivity contribution < 1.29 is 5.11 Å². The molecule has 4 heteroatoms. The average molecular weight is 293 g/mol. The van der Waals surface area contributed by atoms with E-state index in [1.165, 1.54) is 17.5 Å². The number of aliphatic hydroxyl groups is 1. The Morgan fingerprint density at radius 1 is 1.32 bits per heavy atom. The molecule has 22 heavy (non-hydrogen) atoms. The Bertz CT molecular complexity index is 837. The number of hydrogen-bond acceptors (Lipinski definition) is 3. The van der Waals surface area contributed by atoms with Crippen molar-refractivity contribution in [3.8, 4) is 0 Å². The van der Waals surface area contributed by atoms with E-state index < -0.39 is 0 Å². The number of benzene rings is 1. The summed E-state index contributed by atoms with van der Waals surface area (Å²) in [5.41, 5.74) is 6.56. The summed E-state index contributed by atoms with van der Waals surface area (Å²) in [4.78, 5) is 9.19. The second-order valence-electron chi connectivity index (χ2n) is 6.01. The number of fused-ring (bicyclic) bond motifs is 2. The Labute approximate surface area is 129 Å². The molecule has 0 fully saturated rings. The van der Waals surface area contributed by atoms with Gasteiger partial charge in [-0.05, 0) is 36.8 Å². The zero-order valence-corrected chi connectivity index (χ0v) is 12.7. The summed E-state index contributed by atoms with van der Waals surface area (Å²) in [6.45, 7) is 1.94. The number of nitrogens with zero attached hydrogens (tertiary/aromatic N) is 3. The standard InChI is InChI=1S/C18H19N3O/c1-12-17(11-22)21-9-8-19-16(18(21)20-12)10-14-7-6-13-4-2-3-5-15(13)14/h2-5,8-9,14,22H,6-7,10-11H2,1H3. The zero-order chi connectivity index (χ0) is 15.1. The van der Waals surface area contributed by atoms with E-state index in [1.807, 2.05) is 23.7 Å². The summed E-state index contributed by atoms with van der Waals surface area (Å²) in [6, 6.07) is 8.70. The summed E-state index contributed by atoms with van der Waals surface area (Å²) in [6.07, 6.45) is 6.92. The van der Waals surface area contributed by atoms with Crippen LogP contribution in [0.4, 0.5) is 0 Å². The van der Waals surface area contributed by atoms with E-state index in [9.17, 15) is 5.11 Å². The molecule has 2 heterocycles. The van der Waals surface area contributed by atoms with Crippen LogP contribution in [-0.4, -0.2) is 19.5 Å². The van der Waals surface area contributed by atoms with Gasteiger partial charge in [-0.2, -0.15) is 0 Å². The topological polar surface area (TPSA) is 50.4 Å². The predicted molar refractivity (Wildman–Crippen MR) is 84.9 cm³/mol. The molecule has 1 aromatic carbocycles. The number of hydrogen-bond donors (Lipinski definition) is 1. The molecule has 0 bridgehead atoms. The van der Waals surface area contributed by atoms with Gasteiger partial charge in [-0.25, -0.2) is 4.98 Å². The second kappa shape index (κ2) is 5.21. The summed E-state index contributed by atoms with van der Waals surface area (Å²) in [5.74, 6) is 0.518. The number of aromatic nitrogens is 3. The van der Waals surface area contributed by atoms with Gasteiger partial charge >= 0.3 is 0 Å². The van der Waals surface area contributed by atoms with E-state index >= 15 is 0 Å². The largest absolute Gasteiger partial charge is 0.390 e. The van der Waals surface area contributed by atoms with Crippen LogP contribution in [0.5, 0.6) is 0 Å². The first-order chi connectivity index (χ1) is 10.8. The fourth-order valence-corrected chi connectivity index (χ4v) is 3.62. The average Bonchev–Trinajstić information content (AvgIpc) is 3.08. The van der Waals surface area contributed by atoms with Crippen LogP contribution >= 0.6 is 0 Å². The van der Waals surface area contributed by atoms with Crippen molar-refractivity contribution in [2.75, 3.05) is 0 Å². The van der Waals surface area contributed by atoms with Gasteiger partial charge in [-0.3, -0.25) is 9.38 Å². The first-order valence-corrected chi connectivity index (χ1v) is 7.78. The minimum absolute atomic E-state index is 0.00269. The highest BCUT2D eigenvalue weighted by Gasteiger charge is 2.24. The van der Waals surface area contributed by atoms with E-state index in [2.05, 4.69) is 34.2 Å². The van der Waals surface area contributed by atoms with Crippen molar-refractivity contribution in [1.82, 2.24) is 14.4 Å². The first-order valence-electron chi connectivity index (χ1n) is 7.78. The van der Waals surface area contributed by atoms with Crippen molar-refractivity contribution >= 4 is 5.65 Å². The smallest absolute Gasteiger partial charge is 0.159 e. The Balaban J connectivity index is 1.74. The highest BCUT2D eigenvalue weighted by atomic mass is 16.3. The number of imidazole rings is 1. The van der Waals surface area contributed by atoms with Crippen molar-refractivity contribution in [1.29, 1.82) is 0 Å². The molecule has 0 amide bonds. The SMILES string of the molecule is Cc1nc2c(CC3CCc4ccccc43)nccn2c1CO. The molecule has 0 saturated heterocycles. The maximum absolute atomic E-state index is 9.53. The molecule has 1 N–H and O–H groups in total. The molecule has 0 spiro atoms. The lowest BCUT2D eigenvalue weighted by Gasteiger charge is -2.11. The van der Waals surface area contributed by atoms with Crippen LogP contribution in [0.15, 0.2) is 36.7 Å². The zero-order valence-electron chi connectivity index (χ0n) is 12.7. The maximum Gasteiger partial charge on any atom is 0.159 e. The lowest BCUT2D eigenvalue weighted by Crippen LogP contribution is -2.04. The van der Waals surface area contributed by atoms with Gasteiger partial charge in [0.1, 0.15) is 0 Å². The van der Waals surface area contributed by atoms with Crippen LogP contribution in [0.2, 0.25) is 0 Å². The third kappa shape index (κ3) is 2.03. The number of aliphatic hydroxyl groups excluding tert-OH is 1. The molecule has 4 nitrogen and oxygen atoms in total. The van der Waals surface area contributed by atoms with Gasteiger partial charge in [0, 0.05) is 18.8 Å². The minimum atomic E-state index is 0.00269. The molecule has 112 valence electrons. The van der Waals surface area contributed by atoms with Gasteiger partial charge in [-0.1, -0.05) is 24.3 Å². The third-order valence-corrected chi connectivity index (χ3v) is 4.76. The van der Waals surface area contributed by atoms with Gasteiger partial charge in [0.25, 0.3) is 0 Å². The molecule has 0 saturated carbocycles. The van der Waals surface area contributed by atoms with Crippen LogP contribution in [0.3, 0.4) is 0 Å². The van der Waals surface area contributed by atoms with E-state index in [1.54, 1.807) is 0 Å². The van der Waals surface area contributed by atoms with Gasteiger partial charge in [0.15, 0.2) is 5.65 Å². The third-order valence-electron chi connectivity index (χ3n) is 4.76. The lowest BCUT2D eigenvalue weighted by molar-refractivity contribution is 0.275. The molecular formula is C18H19N3O. The quantitative estimate of drug-likeness (QED) is 0.808. The van der Waals surface area contributed by atoms with E-state index in [0.717, 1.165) is 35.6 Å². The van der Waals surface area contributed by atoms with Gasteiger partial charge in [-0.15, -0.1) is 0 Å². The second-order valence-corrected chi connectivity index (χ2v) is 6.01. The van der Waals surface area contributed by atoms with Crippen molar-refractivity contribution in [2.24, 2.45) is 0 Å². The Kier molecular flexibility index (Phi) is 3.19. The molecule has 1 aliphatic rings. The molecule has 2 aromatic heterocycles. The Morgan fingerprint density at radius 3 is 3.05 bits per heavy atom. The molecule has 1 atom stereocenters. The van der Waals surface area contributed by atoms with Crippen LogP contribution in [0.1, 0.15) is 40.5 Å². The summed E-state index contributed by atoms with van der Waals surface area (Å²) < 4.78 is 1.97. The molecule has 1 aliphatic carbocycles. The first kappa shape index (κ1) is 13.5. The maximum atomic E-state index is 9.53. The van der Waals surface area contributed by atoms with Gasteiger partial charge < -0.3 is 5.11 Å². The Hall–Kier alpha value is -2.20. The monoisotopic (exact) mass is 293 g/mol. The number of aryl methyl sites for hydroxylation is 2. The van der Waals surface area contributed by atoms with Crippen LogP contribution < -0.4 is 0 Å². The highest BCUT2D eigenvalue weighted by Crippen LogP contribution is 2.35. The summed E-state index contributed by atoms with van der Waals surface area (Å²) in [7, 11) is 0. The van der Waals surface area contributed by atoms with Crippen LogP contribution in [0, 0.1) is 6.92 Å². The number of rotatable bonds is 3. The molecule has 4 rings (SSSR count). The molecule has 3 aromatic rings. The van der Waals surface area contributed by atoms with E-state index in [-0.39, 0.29) is 6.61 Å². The van der Waals surface area contributed by atoms with Crippen molar-refractivity contribution in [2.45, 2.75) is 38.7 Å². The molecule has 0 radical (unpaired) electrons. The Morgan fingerprint density at radius 2 is 2.18 bits per heavy atom. The summed E-state index contributed by atoms with van der Waals surface area (Å²) >= 11 is 0. The molecular weight excluding hydrogens is 274 g/mol. The van der Waals surface area contributed by atoms with Crippen LogP contribution in [-0.2, 0) is 19.4 Å². The molecule has 0 aliphatic heterocycles. The van der Waals surface area contributed by atoms with Crippen LogP contribution in [0.25, 0.3) is 5.65 Å². The lowest BCUT2D eigenvalue weighted by atomic mass is 9.96. The van der Waals surface area contributed by atoms with Gasteiger partial charge in [0.2, 0.25) is 0 Å². The molecule has 1 unspecified atom stereocenters. The van der Waals surface area contributed by atoms with E-state index in [4.69, 9.17) is 0 Å². The minimum Gasteiger partial charge on any atom is -0.390 e. The fraction of sp³-hybridized carbons (Fsp3) is 0.333. The predicted octanol–water partition coefficient (Wildman–Crippen LogP) is 2.80. The fourth-order valence-electron chi connectivity index (χ4n) is 3.62. The van der Waals surface area contributed by atoms with Crippen molar-refractivity contribution in [3.05, 3.63) is 64.9 Å². The summed E-state index contributed by atoms with van der Waals surface area (Å²) in [5, 5.41) is 9.53. The highest BCUT2D eigenvalue weighted by molar-refractivity contribution is 5.49.